The molecule has 3 amide bonds. The summed E-state index contributed by atoms with van der Waals surface area (Å²) in [6.07, 6.45) is 1.59. The maximum Gasteiger partial charge on any atom is 0.335 e. The van der Waals surface area contributed by atoms with Crippen LogP contribution in [0.25, 0.3) is 6.08 Å². The maximum absolute atomic E-state index is 11.9. The molecule has 1 aliphatic heterocycles. The summed E-state index contributed by atoms with van der Waals surface area (Å²) in [7, 11) is 1.41. The van der Waals surface area contributed by atoms with E-state index < -0.39 is 12.0 Å². The lowest BCUT2D eigenvalue weighted by Crippen LogP contribution is -2.25. The van der Waals surface area contributed by atoms with E-state index in [2.05, 4.69) is 21.2 Å². The van der Waals surface area contributed by atoms with Gasteiger partial charge in [0.15, 0.2) is 0 Å². The van der Waals surface area contributed by atoms with Crippen molar-refractivity contribution in [2.45, 2.75) is 6.61 Å². The monoisotopic (exact) mass is 430 g/mol. The minimum Gasteiger partial charge on any atom is -0.488 e. The topological polar surface area (TPSA) is 95.9 Å². The lowest BCUT2D eigenvalue weighted by molar-refractivity contribution is -0.121. The van der Waals surface area contributed by atoms with Crippen molar-refractivity contribution in [3.05, 3.63) is 69.3 Å². The molecule has 0 spiro atoms. The van der Waals surface area contributed by atoms with Gasteiger partial charge in [0, 0.05) is 7.05 Å². The molecule has 0 atom stereocenters. The van der Waals surface area contributed by atoms with Gasteiger partial charge in [-0.05, 0) is 57.4 Å². The fourth-order valence-electron chi connectivity index (χ4n) is 2.42. The van der Waals surface area contributed by atoms with Gasteiger partial charge in [0.1, 0.15) is 18.1 Å². The summed E-state index contributed by atoms with van der Waals surface area (Å²) < 4.78 is 6.43. The first-order chi connectivity index (χ1) is 12.8. The van der Waals surface area contributed by atoms with E-state index in [0.29, 0.717) is 10.2 Å². The zero-order valence-corrected chi connectivity index (χ0v) is 15.8. The quantitative estimate of drug-likeness (QED) is 0.560. The Balaban J connectivity index is 1.69. The number of rotatable bonds is 5. The second kappa shape index (κ2) is 7.63. The number of ether oxygens (including phenoxy) is 1. The standard InChI is InChI=1S/C19H15BrN2O5/c1-22-17(23)15(21-19(22)26)9-12-4-7-16(14(20)8-12)27-10-11-2-5-13(6-3-11)18(24)25/h2-9H,10H2,1H3,(H,21,26)(H,24,25)/b15-9+. The summed E-state index contributed by atoms with van der Waals surface area (Å²) in [5.74, 6) is -0.766. The number of carboxylic acid groups (broad SMARTS) is 1. The summed E-state index contributed by atoms with van der Waals surface area (Å²) in [5, 5.41) is 11.4. The number of carboxylic acids is 1. The highest BCUT2D eigenvalue weighted by Crippen LogP contribution is 2.28. The predicted octanol–water partition coefficient (Wildman–Crippen LogP) is 3.25. The van der Waals surface area contributed by atoms with Crippen LogP contribution < -0.4 is 10.1 Å². The highest BCUT2D eigenvalue weighted by molar-refractivity contribution is 9.10. The Kier molecular flexibility index (Phi) is 5.27. The van der Waals surface area contributed by atoms with Crippen LogP contribution in [0.15, 0.2) is 52.6 Å². The van der Waals surface area contributed by atoms with E-state index in [1.54, 1.807) is 36.4 Å². The molecule has 1 fully saturated rings. The number of likely N-dealkylation sites (N-methyl/N-ethyl adjacent to an activating group) is 1. The van der Waals surface area contributed by atoms with Crippen molar-refractivity contribution in [2.24, 2.45) is 0 Å². The summed E-state index contributed by atoms with van der Waals surface area (Å²) in [6, 6.07) is 11.3. The second-order valence-corrected chi connectivity index (χ2v) is 6.69. The molecule has 8 heteroatoms. The van der Waals surface area contributed by atoms with Crippen LogP contribution in [0.5, 0.6) is 5.75 Å². The number of aromatic carboxylic acids is 1. The zero-order valence-electron chi connectivity index (χ0n) is 14.2. The molecule has 2 aromatic rings. The minimum absolute atomic E-state index is 0.210. The van der Waals surface area contributed by atoms with Crippen molar-refractivity contribution in [3.8, 4) is 5.75 Å². The molecule has 0 bridgehead atoms. The van der Waals surface area contributed by atoms with Gasteiger partial charge in [0.05, 0.1) is 10.0 Å². The average Bonchev–Trinajstić information content (AvgIpc) is 2.88. The van der Waals surface area contributed by atoms with Crippen molar-refractivity contribution in [1.29, 1.82) is 0 Å². The van der Waals surface area contributed by atoms with E-state index in [1.807, 2.05) is 0 Å². The predicted molar refractivity (Wildman–Crippen MR) is 101 cm³/mol. The Morgan fingerprint density at radius 1 is 1.22 bits per heavy atom. The highest BCUT2D eigenvalue weighted by Gasteiger charge is 2.29. The van der Waals surface area contributed by atoms with E-state index in [4.69, 9.17) is 9.84 Å². The van der Waals surface area contributed by atoms with Crippen molar-refractivity contribution >= 4 is 39.9 Å². The van der Waals surface area contributed by atoms with Gasteiger partial charge in [-0.3, -0.25) is 9.69 Å². The van der Waals surface area contributed by atoms with Crippen molar-refractivity contribution in [3.63, 3.8) is 0 Å². The van der Waals surface area contributed by atoms with Gasteiger partial charge in [-0.1, -0.05) is 18.2 Å². The third-order valence-electron chi connectivity index (χ3n) is 3.94. The van der Waals surface area contributed by atoms with Gasteiger partial charge in [-0.25, -0.2) is 9.59 Å². The average molecular weight is 431 g/mol. The minimum atomic E-state index is -0.974. The Morgan fingerprint density at radius 3 is 2.48 bits per heavy atom. The third-order valence-corrected chi connectivity index (χ3v) is 4.56. The maximum atomic E-state index is 11.9. The Hall–Kier alpha value is -3.13. The van der Waals surface area contributed by atoms with Crippen LogP contribution >= 0.6 is 15.9 Å². The number of hydrogen-bond acceptors (Lipinski definition) is 4. The van der Waals surface area contributed by atoms with Gasteiger partial charge in [0.25, 0.3) is 5.91 Å². The number of carbonyl (C=O) groups excluding carboxylic acids is 2. The van der Waals surface area contributed by atoms with Crippen molar-refractivity contribution < 1.29 is 24.2 Å². The van der Waals surface area contributed by atoms with Crippen LogP contribution in [0.2, 0.25) is 0 Å². The smallest absolute Gasteiger partial charge is 0.335 e. The Bertz CT molecular complexity index is 953. The van der Waals surface area contributed by atoms with Crippen molar-refractivity contribution in [2.75, 3.05) is 7.05 Å². The Morgan fingerprint density at radius 2 is 1.93 bits per heavy atom. The van der Waals surface area contributed by atoms with Crippen LogP contribution in [0.4, 0.5) is 4.79 Å². The molecule has 2 N–H and O–H groups in total. The van der Waals surface area contributed by atoms with Crippen LogP contribution in [-0.4, -0.2) is 35.0 Å². The van der Waals surface area contributed by atoms with E-state index in [1.165, 1.54) is 19.2 Å². The lowest BCUT2D eigenvalue weighted by atomic mass is 10.1. The normalized spacial score (nSPS) is 15.2. The SMILES string of the molecule is CN1C(=O)N/C(=C/c2ccc(OCc3ccc(C(=O)O)cc3)c(Br)c2)C1=O. The van der Waals surface area contributed by atoms with Gasteiger partial charge in [0.2, 0.25) is 0 Å². The molecule has 0 unspecified atom stereocenters. The Labute approximate surface area is 163 Å². The molecule has 0 saturated carbocycles. The molecule has 1 heterocycles. The van der Waals surface area contributed by atoms with E-state index in [0.717, 1.165) is 16.0 Å². The number of amides is 3. The number of benzene rings is 2. The molecule has 0 aliphatic carbocycles. The molecule has 27 heavy (non-hydrogen) atoms. The molecule has 0 radical (unpaired) electrons. The largest absolute Gasteiger partial charge is 0.488 e. The number of nitrogens with one attached hydrogen (secondary N) is 1. The second-order valence-electron chi connectivity index (χ2n) is 5.83. The zero-order chi connectivity index (χ0) is 19.6. The fourth-order valence-corrected chi connectivity index (χ4v) is 2.93. The number of carbonyl (C=O) groups is 3. The molecule has 0 aromatic heterocycles. The summed E-state index contributed by atoms with van der Waals surface area (Å²) >= 11 is 3.42. The van der Waals surface area contributed by atoms with Gasteiger partial charge >= 0.3 is 12.0 Å². The molecular weight excluding hydrogens is 416 g/mol. The summed E-state index contributed by atoms with van der Waals surface area (Å²) in [5.41, 5.74) is 1.98. The molecule has 3 rings (SSSR count). The third kappa shape index (κ3) is 4.17. The lowest BCUT2D eigenvalue weighted by Gasteiger charge is -2.09. The van der Waals surface area contributed by atoms with E-state index in [-0.39, 0.29) is 23.8 Å². The van der Waals surface area contributed by atoms with Gasteiger partial charge in [-0.15, -0.1) is 0 Å². The molecule has 2 aromatic carbocycles. The highest BCUT2D eigenvalue weighted by atomic mass is 79.9. The van der Waals surface area contributed by atoms with Gasteiger partial charge < -0.3 is 15.2 Å². The first kappa shape index (κ1) is 18.7. The first-order valence-electron chi connectivity index (χ1n) is 7.90. The number of halogens is 1. The van der Waals surface area contributed by atoms with Crippen LogP contribution in [0.3, 0.4) is 0 Å². The van der Waals surface area contributed by atoms with Gasteiger partial charge in [-0.2, -0.15) is 0 Å². The first-order valence-corrected chi connectivity index (χ1v) is 8.70. The fraction of sp³-hybridized carbons (Fsp3) is 0.105. The number of urea groups is 1. The van der Waals surface area contributed by atoms with Crippen LogP contribution in [-0.2, 0) is 11.4 Å². The molecule has 1 aliphatic rings. The van der Waals surface area contributed by atoms with E-state index in [9.17, 15) is 14.4 Å². The molecular formula is C19H15BrN2O5. The molecule has 7 nitrogen and oxygen atoms in total. The van der Waals surface area contributed by atoms with Crippen LogP contribution in [0.1, 0.15) is 21.5 Å². The summed E-state index contributed by atoms with van der Waals surface area (Å²) in [6.45, 7) is 0.276. The van der Waals surface area contributed by atoms with Crippen molar-refractivity contribution in [1.82, 2.24) is 10.2 Å². The molecule has 138 valence electrons. The van der Waals surface area contributed by atoms with Crippen LogP contribution in [0, 0.1) is 0 Å². The number of imide groups is 1. The number of nitrogens with zero attached hydrogens (tertiary/aromatic N) is 1. The summed E-state index contributed by atoms with van der Waals surface area (Å²) in [4.78, 5) is 35.2. The van der Waals surface area contributed by atoms with E-state index >= 15 is 0 Å². The number of hydrogen-bond donors (Lipinski definition) is 2. The molecule has 1 saturated heterocycles.